The van der Waals surface area contributed by atoms with Gasteiger partial charge in [-0.25, -0.2) is 0 Å². The summed E-state index contributed by atoms with van der Waals surface area (Å²) in [5, 5.41) is 0. The zero-order valence-electron chi connectivity index (χ0n) is 25.8. The molecule has 6 heteroatoms. The van der Waals surface area contributed by atoms with Crippen molar-refractivity contribution in [1.29, 1.82) is 0 Å². The fourth-order valence-corrected chi connectivity index (χ4v) is 4.81. The van der Waals surface area contributed by atoms with Crippen molar-refractivity contribution in [2.45, 2.75) is 0 Å². The molecule has 0 unspecified atom stereocenters. The highest BCUT2D eigenvalue weighted by atomic mass is 16.5. The van der Waals surface area contributed by atoms with Crippen LogP contribution in [0.4, 0.5) is 0 Å². The minimum atomic E-state index is 0.507. The summed E-state index contributed by atoms with van der Waals surface area (Å²) in [4.78, 5) is 0. The third-order valence-electron chi connectivity index (χ3n) is 6.91. The highest BCUT2D eigenvalue weighted by molar-refractivity contribution is 5.49. The second kappa shape index (κ2) is 14.6. The normalized spacial score (nSPS) is 10.5. The zero-order chi connectivity index (χ0) is 32.4. The van der Waals surface area contributed by atoms with E-state index in [1.54, 1.807) is 18.2 Å². The van der Waals surface area contributed by atoms with Gasteiger partial charge >= 0.3 is 0 Å². The lowest BCUT2D eigenvalue weighted by Crippen LogP contribution is -1.92. The predicted octanol–water partition coefficient (Wildman–Crippen LogP) is 12.4. The molecule has 0 fully saturated rings. The number of hydrogen-bond acceptors (Lipinski definition) is 6. The highest BCUT2D eigenvalue weighted by Gasteiger charge is 2.11. The van der Waals surface area contributed by atoms with Crippen LogP contribution in [0.25, 0.3) is 0 Å². The van der Waals surface area contributed by atoms with Crippen LogP contribution in [0.15, 0.2) is 182 Å². The molecule has 0 spiro atoms. The molecule has 6 nitrogen and oxygen atoms in total. The summed E-state index contributed by atoms with van der Waals surface area (Å²) in [7, 11) is 0. The molecule has 7 aromatic rings. The van der Waals surface area contributed by atoms with Crippen molar-refractivity contribution in [1.82, 2.24) is 0 Å². The Balaban J connectivity index is 1.15. The summed E-state index contributed by atoms with van der Waals surface area (Å²) in [5.41, 5.74) is 0. The van der Waals surface area contributed by atoms with E-state index in [9.17, 15) is 0 Å². The molecule has 0 saturated carbocycles. The average molecular weight is 631 g/mol. The van der Waals surface area contributed by atoms with Crippen LogP contribution in [0.3, 0.4) is 0 Å². The standard InChI is InChI=1S/C42H30O6/c1-4-13-31(14-5-1)43-34-19-10-22-37(25-34)46-40-28-41(47-38-23-11-20-35(26-38)44-32-15-6-2-7-16-32)30-42(29-40)48-39-24-12-21-36(27-39)45-33-17-8-3-9-18-33/h1-30H. The van der Waals surface area contributed by atoms with Crippen molar-refractivity contribution in [2.24, 2.45) is 0 Å². The fraction of sp³-hybridized carbons (Fsp3) is 0. The first-order chi connectivity index (χ1) is 23.7. The predicted molar refractivity (Wildman–Crippen MR) is 186 cm³/mol. The smallest absolute Gasteiger partial charge is 0.134 e. The molecule has 0 aliphatic carbocycles. The Morgan fingerprint density at radius 3 is 0.604 bits per heavy atom. The second-order valence-corrected chi connectivity index (χ2v) is 10.6. The summed E-state index contributed by atoms with van der Waals surface area (Å²) in [6.45, 7) is 0. The molecule has 0 radical (unpaired) electrons. The third-order valence-corrected chi connectivity index (χ3v) is 6.91. The van der Waals surface area contributed by atoms with E-state index in [1.165, 1.54) is 0 Å². The lowest BCUT2D eigenvalue weighted by Gasteiger charge is -2.14. The van der Waals surface area contributed by atoms with Gasteiger partial charge in [0.25, 0.3) is 0 Å². The van der Waals surface area contributed by atoms with Crippen molar-refractivity contribution >= 4 is 0 Å². The van der Waals surface area contributed by atoms with Crippen LogP contribution < -0.4 is 28.4 Å². The first-order valence-corrected chi connectivity index (χ1v) is 15.4. The molecule has 0 heterocycles. The van der Waals surface area contributed by atoms with Gasteiger partial charge in [-0.2, -0.15) is 0 Å². The maximum atomic E-state index is 6.33. The van der Waals surface area contributed by atoms with E-state index < -0.39 is 0 Å². The van der Waals surface area contributed by atoms with Crippen molar-refractivity contribution < 1.29 is 28.4 Å². The number of rotatable bonds is 12. The molecule has 0 saturated heterocycles. The van der Waals surface area contributed by atoms with E-state index in [4.69, 9.17) is 28.4 Å². The summed E-state index contributed by atoms with van der Waals surface area (Å²) in [6.07, 6.45) is 0. The van der Waals surface area contributed by atoms with Crippen molar-refractivity contribution in [3.05, 3.63) is 182 Å². The van der Waals surface area contributed by atoms with E-state index in [0.29, 0.717) is 51.7 Å². The van der Waals surface area contributed by atoms with Crippen molar-refractivity contribution in [3.63, 3.8) is 0 Å². The molecule has 7 aromatic carbocycles. The average Bonchev–Trinajstić information content (AvgIpc) is 3.10. The number of ether oxygens (including phenoxy) is 6. The Morgan fingerprint density at radius 1 is 0.167 bits per heavy atom. The number of para-hydroxylation sites is 3. The van der Waals surface area contributed by atoms with Crippen LogP contribution in [0, 0.1) is 0 Å². The van der Waals surface area contributed by atoms with Crippen LogP contribution in [0.1, 0.15) is 0 Å². The molecule has 7 rings (SSSR count). The zero-order valence-corrected chi connectivity index (χ0v) is 25.8. The lowest BCUT2D eigenvalue weighted by molar-refractivity contribution is 0.432. The van der Waals surface area contributed by atoms with Crippen LogP contribution in [-0.4, -0.2) is 0 Å². The minimum absolute atomic E-state index is 0.507. The fourth-order valence-electron chi connectivity index (χ4n) is 4.81. The maximum absolute atomic E-state index is 6.33. The lowest BCUT2D eigenvalue weighted by atomic mass is 10.2. The molecule has 0 aliphatic rings. The molecular weight excluding hydrogens is 600 g/mol. The number of hydrogen-bond donors (Lipinski definition) is 0. The van der Waals surface area contributed by atoms with Gasteiger partial charge in [-0.15, -0.1) is 0 Å². The Bertz CT molecular complexity index is 1830. The van der Waals surface area contributed by atoms with Gasteiger partial charge in [0.05, 0.1) is 0 Å². The minimum Gasteiger partial charge on any atom is -0.457 e. The van der Waals surface area contributed by atoms with Gasteiger partial charge in [0.15, 0.2) is 0 Å². The van der Waals surface area contributed by atoms with Crippen LogP contribution in [0.2, 0.25) is 0 Å². The third kappa shape index (κ3) is 8.33. The van der Waals surface area contributed by atoms with Gasteiger partial charge in [0.1, 0.15) is 69.0 Å². The molecule has 0 bridgehead atoms. The van der Waals surface area contributed by atoms with Crippen LogP contribution in [0.5, 0.6) is 69.0 Å². The summed E-state index contributed by atoms with van der Waals surface area (Å²) < 4.78 is 37.0. The molecule has 0 aliphatic heterocycles. The molecule has 0 amide bonds. The molecule has 48 heavy (non-hydrogen) atoms. The summed E-state index contributed by atoms with van der Waals surface area (Å²) >= 11 is 0. The SMILES string of the molecule is c1ccc(Oc2cccc(Oc3cc(Oc4cccc(Oc5ccccc5)c4)cc(Oc4cccc(Oc5ccccc5)c4)c3)c2)cc1. The Labute approximate surface area is 278 Å². The van der Waals surface area contributed by atoms with Gasteiger partial charge in [-0.1, -0.05) is 72.8 Å². The molecule has 0 atom stereocenters. The first kappa shape index (κ1) is 30.0. The number of benzene rings is 7. The molecule has 0 aromatic heterocycles. The van der Waals surface area contributed by atoms with E-state index in [2.05, 4.69) is 0 Å². The Kier molecular flexibility index (Phi) is 9.15. The van der Waals surface area contributed by atoms with Gasteiger partial charge in [-0.3, -0.25) is 0 Å². The topological polar surface area (TPSA) is 55.4 Å². The second-order valence-electron chi connectivity index (χ2n) is 10.6. The Morgan fingerprint density at radius 2 is 0.354 bits per heavy atom. The van der Waals surface area contributed by atoms with Crippen LogP contribution in [-0.2, 0) is 0 Å². The van der Waals surface area contributed by atoms with E-state index in [-0.39, 0.29) is 0 Å². The summed E-state index contributed by atoms with van der Waals surface area (Å²) in [5.74, 6) is 7.42. The molecule has 0 N–H and O–H groups in total. The van der Waals surface area contributed by atoms with Crippen molar-refractivity contribution in [3.8, 4) is 69.0 Å². The van der Waals surface area contributed by atoms with Gasteiger partial charge < -0.3 is 28.4 Å². The van der Waals surface area contributed by atoms with Gasteiger partial charge in [0, 0.05) is 36.4 Å². The van der Waals surface area contributed by atoms with E-state index in [0.717, 1.165) is 17.2 Å². The highest BCUT2D eigenvalue weighted by Crippen LogP contribution is 2.38. The first-order valence-electron chi connectivity index (χ1n) is 15.4. The largest absolute Gasteiger partial charge is 0.457 e. The Hall–Kier alpha value is -6.66. The monoisotopic (exact) mass is 630 g/mol. The van der Waals surface area contributed by atoms with Gasteiger partial charge in [0.2, 0.25) is 0 Å². The maximum Gasteiger partial charge on any atom is 0.134 e. The van der Waals surface area contributed by atoms with Gasteiger partial charge in [-0.05, 0) is 72.8 Å². The van der Waals surface area contributed by atoms with E-state index >= 15 is 0 Å². The molecular formula is C42H30O6. The van der Waals surface area contributed by atoms with E-state index in [1.807, 2.05) is 164 Å². The molecule has 234 valence electrons. The summed E-state index contributed by atoms with van der Waals surface area (Å²) in [6, 6.07) is 56.5. The quantitative estimate of drug-likeness (QED) is 0.134. The van der Waals surface area contributed by atoms with Crippen LogP contribution >= 0.6 is 0 Å². The van der Waals surface area contributed by atoms with Crippen molar-refractivity contribution in [2.75, 3.05) is 0 Å².